The van der Waals surface area contributed by atoms with Crippen molar-refractivity contribution in [3.05, 3.63) is 34.9 Å². The summed E-state index contributed by atoms with van der Waals surface area (Å²) in [5.74, 6) is 0.375. The van der Waals surface area contributed by atoms with Crippen LogP contribution in [0.2, 0.25) is 0 Å². The van der Waals surface area contributed by atoms with Crippen molar-refractivity contribution in [3.8, 4) is 0 Å². The van der Waals surface area contributed by atoms with Crippen LogP contribution < -0.4 is 5.32 Å². The third-order valence-corrected chi connectivity index (χ3v) is 7.52. The number of carbonyl (C=O) groups is 1. The largest absolute Gasteiger partial charge is 0.316 e. The molecule has 0 radical (unpaired) electrons. The lowest BCUT2D eigenvalue weighted by Crippen LogP contribution is -2.49. The van der Waals surface area contributed by atoms with Gasteiger partial charge in [0.05, 0.1) is 5.75 Å². The van der Waals surface area contributed by atoms with Crippen molar-refractivity contribution >= 4 is 15.8 Å². The molecule has 0 saturated carbocycles. The number of piperazine rings is 1. The highest BCUT2D eigenvalue weighted by atomic mass is 32.2. The van der Waals surface area contributed by atoms with Crippen molar-refractivity contribution in [3.63, 3.8) is 0 Å². The summed E-state index contributed by atoms with van der Waals surface area (Å²) in [5.41, 5.74) is 3.49. The highest BCUT2D eigenvalue weighted by Crippen LogP contribution is 2.17. The van der Waals surface area contributed by atoms with Gasteiger partial charge in [-0.05, 0) is 63.0 Å². The lowest BCUT2D eigenvalue weighted by molar-refractivity contribution is 0.0971. The quantitative estimate of drug-likeness (QED) is 0.708. The monoisotopic (exact) mass is 393 g/mol. The van der Waals surface area contributed by atoms with Crippen LogP contribution in [0.1, 0.15) is 41.3 Å². The Bertz CT molecular complexity index is 756. The van der Waals surface area contributed by atoms with E-state index in [-0.39, 0.29) is 11.5 Å². The predicted octanol–water partition coefficient (Wildman–Crippen LogP) is 1.31. The molecule has 6 nitrogen and oxygen atoms in total. The van der Waals surface area contributed by atoms with E-state index >= 15 is 0 Å². The molecule has 1 fully saturated rings. The Morgan fingerprint density at radius 3 is 2.48 bits per heavy atom. The molecule has 0 spiro atoms. The van der Waals surface area contributed by atoms with Crippen molar-refractivity contribution < 1.29 is 13.2 Å². The van der Waals surface area contributed by atoms with E-state index in [9.17, 15) is 13.2 Å². The molecule has 2 heterocycles. The Balaban J connectivity index is 1.45. The normalized spacial score (nSPS) is 19.4. The Hall–Kier alpha value is -1.28. The summed E-state index contributed by atoms with van der Waals surface area (Å²) in [7, 11) is -3.08. The van der Waals surface area contributed by atoms with Gasteiger partial charge in [-0.3, -0.25) is 4.79 Å². The number of sulfonamides is 1. The molecular weight excluding hydrogens is 362 g/mol. The lowest BCUT2D eigenvalue weighted by atomic mass is 9.97. The van der Waals surface area contributed by atoms with E-state index in [4.69, 9.17) is 0 Å². The van der Waals surface area contributed by atoms with Gasteiger partial charge in [-0.25, -0.2) is 8.42 Å². The molecule has 0 aromatic heterocycles. The number of ketones is 1. The van der Waals surface area contributed by atoms with Crippen LogP contribution in [-0.2, 0) is 22.9 Å². The fourth-order valence-electron chi connectivity index (χ4n) is 3.87. The minimum Gasteiger partial charge on any atom is -0.316 e. The third-order valence-electron chi connectivity index (χ3n) is 5.64. The highest BCUT2D eigenvalue weighted by Gasteiger charge is 2.25. The average molecular weight is 394 g/mol. The Labute approximate surface area is 163 Å². The van der Waals surface area contributed by atoms with Gasteiger partial charge >= 0.3 is 0 Å². The molecular formula is C20H31N3O3S. The van der Waals surface area contributed by atoms with Crippen LogP contribution in [0.5, 0.6) is 0 Å². The zero-order valence-electron chi connectivity index (χ0n) is 16.2. The molecule has 0 unspecified atom stereocenters. The maximum atomic E-state index is 12.6. The van der Waals surface area contributed by atoms with Crippen LogP contribution in [0.3, 0.4) is 0 Å². The van der Waals surface area contributed by atoms with E-state index in [1.165, 1.54) is 11.1 Å². The van der Waals surface area contributed by atoms with Crippen LogP contribution in [0.15, 0.2) is 18.2 Å². The molecule has 7 heteroatoms. The average Bonchev–Trinajstić information content (AvgIpc) is 2.93. The van der Waals surface area contributed by atoms with Gasteiger partial charge < -0.3 is 10.2 Å². The number of benzene rings is 1. The van der Waals surface area contributed by atoms with E-state index < -0.39 is 10.0 Å². The van der Waals surface area contributed by atoms with Crippen molar-refractivity contribution in [2.24, 2.45) is 0 Å². The number of fused-ring (bicyclic) bond motifs is 1. The zero-order valence-corrected chi connectivity index (χ0v) is 17.1. The van der Waals surface area contributed by atoms with Crippen LogP contribution in [0.25, 0.3) is 0 Å². The Morgan fingerprint density at radius 1 is 1.07 bits per heavy atom. The first kappa shape index (κ1) is 20.5. The number of Topliss-reactive ketones (excluding diaryl/α,β-unsaturated/α-hetero) is 1. The van der Waals surface area contributed by atoms with Gasteiger partial charge in [0, 0.05) is 38.2 Å². The fourth-order valence-corrected chi connectivity index (χ4v) is 4.95. The summed E-state index contributed by atoms with van der Waals surface area (Å²) in [5, 5.41) is 3.40. The van der Waals surface area contributed by atoms with E-state index in [0.29, 0.717) is 19.5 Å². The van der Waals surface area contributed by atoms with Crippen molar-refractivity contribution in [2.45, 2.75) is 32.6 Å². The molecule has 0 amide bonds. The third kappa shape index (κ3) is 5.38. The summed E-state index contributed by atoms with van der Waals surface area (Å²) < 4.78 is 25.4. The molecule has 1 aromatic rings. The van der Waals surface area contributed by atoms with Gasteiger partial charge in [-0.1, -0.05) is 12.1 Å². The molecule has 0 aliphatic carbocycles. The number of nitrogens with zero attached hydrogens (tertiary/aromatic N) is 2. The second-order valence-electron chi connectivity index (χ2n) is 7.40. The molecule has 2 aliphatic rings. The highest BCUT2D eigenvalue weighted by molar-refractivity contribution is 7.89. The van der Waals surface area contributed by atoms with Gasteiger partial charge in [-0.2, -0.15) is 4.31 Å². The van der Waals surface area contributed by atoms with Gasteiger partial charge in [-0.15, -0.1) is 0 Å². The van der Waals surface area contributed by atoms with Crippen LogP contribution in [-0.4, -0.2) is 75.0 Å². The predicted molar refractivity (Wildman–Crippen MR) is 108 cm³/mol. The molecule has 150 valence electrons. The summed E-state index contributed by atoms with van der Waals surface area (Å²) >= 11 is 0. The van der Waals surface area contributed by atoms with Crippen LogP contribution in [0, 0.1) is 0 Å². The first-order valence-corrected chi connectivity index (χ1v) is 11.7. The van der Waals surface area contributed by atoms with Gasteiger partial charge in [0.25, 0.3) is 0 Å². The zero-order chi connectivity index (χ0) is 19.3. The van der Waals surface area contributed by atoms with E-state index in [1.807, 2.05) is 6.07 Å². The van der Waals surface area contributed by atoms with Gasteiger partial charge in [0.1, 0.15) is 0 Å². The van der Waals surface area contributed by atoms with E-state index in [1.54, 1.807) is 11.2 Å². The molecule has 1 saturated heterocycles. The van der Waals surface area contributed by atoms with Crippen LogP contribution >= 0.6 is 0 Å². The van der Waals surface area contributed by atoms with E-state index in [0.717, 1.165) is 57.5 Å². The number of rotatable bonds is 7. The lowest BCUT2D eigenvalue weighted by Gasteiger charge is -2.33. The first-order chi connectivity index (χ1) is 13.0. The number of carbonyl (C=O) groups excluding carboxylic acids is 1. The number of hydrogen-bond donors (Lipinski definition) is 1. The molecule has 0 bridgehead atoms. The summed E-state index contributed by atoms with van der Waals surface area (Å²) in [6, 6.07) is 6.17. The van der Waals surface area contributed by atoms with Gasteiger partial charge in [0.2, 0.25) is 10.0 Å². The second kappa shape index (κ2) is 9.28. The summed E-state index contributed by atoms with van der Waals surface area (Å²) in [6.45, 7) is 7.13. The van der Waals surface area contributed by atoms with Gasteiger partial charge in [0.15, 0.2) is 5.78 Å². The number of hydrogen-bond acceptors (Lipinski definition) is 5. The minimum absolute atomic E-state index is 0.165. The first-order valence-electron chi connectivity index (χ1n) is 10.1. The second-order valence-corrected chi connectivity index (χ2v) is 9.66. The molecule has 27 heavy (non-hydrogen) atoms. The SMILES string of the molecule is CCS(=O)(=O)N1CCN(CCCC(=O)c2ccc3c(c2)CCNCC3)CC1. The Morgan fingerprint density at radius 2 is 1.78 bits per heavy atom. The molecule has 0 atom stereocenters. The van der Waals surface area contributed by atoms with Crippen molar-refractivity contribution in [2.75, 3.05) is 51.6 Å². The molecule has 1 aromatic carbocycles. The smallest absolute Gasteiger partial charge is 0.213 e. The molecule has 3 rings (SSSR count). The molecule has 1 N–H and O–H groups in total. The number of nitrogens with one attached hydrogen (secondary N) is 1. The van der Waals surface area contributed by atoms with Crippen molar-refractivity contribution in [1.29, 1.82) is 0 Å². The Kier molecular flexibility index (Phi) is 7.03. The van der Waals surface area contributed by atoms with Crippen molar-refractivity contribution in [1.82, 2.24) is 14.5 Å². The van der Waals surface area contributed by atoms with E-state index in [2.05, 4.69) is 22.3 Å². The summed E-state index contributed by atoms with van der Waals surface area (Å²) in [6.07, 6.45) is 3.38. The maximum absolute atomic E-state index is 12.6. The topological polar surface area (TPSA) is 69.7 Å². The molecule has 2 aliphatic heterocycles. The standard InChI is InChI=1S/C20H31N3O3S/c1-2-27(25,26)23-14-12-22(13-15-23)11-3-4-20(24)19-6-5-17-7-9-21-10-8-18(17)16-19/h5-6,16,21H,2-4,7-15H2,1H3. The minimum atomic E-state index is -3.08. The summed E-state index contributed by atoms with van der Waals surface area (Å²) in [4.78, 5) is 14.8. The van der Waals surface area contributed by atoms with Crippen LogP contribution in [0.4, 0.5) is 0 Å². The maximum Gasteiger partial charge on any atom is 0.213 e. The fraction of sp³-hybridized carbons (Fsp3) is 0.650.